The largest absolute Gasteiger partial charge is 0.383 e. The van der Waals surface area contributed by atoms with Gasteiger partial charge in [0.15, 0.2) is 0 Å². The van der Waals surface area contributed by atoms with Gasteiger partial charge in [-0.15, -0.1) is 0 Å². The normalized spacial score (nSPS) is 11.8. The van der Waals surface area contributed by atoms with Crippen LogP contribution < -0.4 is 5.32 Å². The van der Waals surface area contributed by atoms with E-state index in [9.17, 15) is 0 Å². The Bertz CT molecular complexity index is 315. The zero-order valence-electron chi connectivity index (χ0n) is 10.9. The molecule has 0 unspecified atom stereocenters. The maximum absolute atomic E-state index is 5.52. The molecule has 1 heterocycles. The van der Waals surface area contributed by atoms with Gasteiger partial charge < -0.3 is 19.3 Å². The number of hydrogen-bond acceptors (Lipinski definition) is 6. The maximum Gasteiger partial charge on any atom is 0.321 e. The number of rotatable bonds is 8. The van der Waals surface area contributed by atoms with Gasteiger partial charge in [-0.3, -0.25) is 0 Å². The van der Waals surface area contributed by atoms with Crippen molar-refractivity contribution in [1.82, 2.24) is 10.1 Å². The fourth-order valence-corrected chi connectivity index (χ4v) is 1.69. The topological polar surface area (TPSA) is 69.4 Å². The van der Waals surface area contributed by atoms with Gasteiger partial charge >= 0.3 is 6.01 Å². The first-order valence-corrected chi connectivity index (χ1v) is 5.84. The van der Waals surface area contributed by atoms with Gasteiger partial charge in [-0.05, 0) is 12.8 Å². The second-order valence-electron chi connectivity index (χ2n) is 3.75. The molecule has 0 aliphatic heterocycles. The van der Waals surface area contributed by atoms with Crippen molar-refractivity contribution in [2.75, 3.05) is 32.7 Å². The second kappa shape index (κ2) is 6.56. The molecule has 0 spiro atoms. The lowest BCUT2D eigenvalue weighted by Gasteiger charge is -2.25. The number of ether oxygens (including phenoxy) is 2. The average Bonchev–Trinajstić information content (AvgIpc) is 2.82. The number of hydrogen-bond donors (Lipinski definition) is 1. The summed E-state index contributed by atoms with van der Waals surface area (Å²) in [5.74, 6) is 0.588. The standard InChI is InChI=1S/C11H21N3O3/c1-5-11(6-2,16-4)9-13-10(17-14-9)12-7-8-15-3/h5-8H2,1-4H3,(H,12,13,14). The van der Waals surface area contributed by atoms with Crippen molar-refractivity contribution in [3.05, 3.63) is 5.82 Å². The van der Waals surface area contributed by atoms with Crippen LogP contribution in [-0.4, -0.2) is 37.5 Å². The highest BCUT2D eigenvalue weighted by atomic mass is 16.5. The van der Waals surface area contributed by atoms with Crippen LogP contribution in [0.15, 0.2) is 4.52 Å². The quantitative estimate of drug-likeness (QED) is 0.702. The third kappa shape index (κ3) is 3.17. The van der Waals surface area contributed by atoms with Crippen LogP contribution in [0.5, 0.6) is 0 Å². The Morgan fingerprint density at radius 1 is 1.29 bits per heavy atom. The van der Waals surface area contributed by atoms with Crippen molar-refractivity contribution < 1.29 is 14.0 Å². The third-order valence-corrected chi connectivity index (χ3v) is 2.95. The van der Waals surface area contributed by atoms with Crippen LogP contribution in [-0.2, 0) is 15.1 Å². The van der Waals surface area contributed by atoms with Gasteiger partial charge in [-0.1, -0.05) is 19.0 Å². The van der Waals surface area contributed by atoms with E-state index in [2.05, 4.69) is 15.5 Å². The Labute approximate surface area is 102 Å². The molecule has 0 aliphatic carbocycles. The van der Waals surface area contributed by atoms with Crippen LogP contribution in [0.25, 0.3) is 0 Å². The van der Waals surface area contributed by atoms with Gasteiger partial charge in [0.25, 0.3) is 0 Å². The van der Waals surface area contributed by atoms with Gasteiger partial charge in [-0.25, -0.2) is 0 Å². The van der Waals surface area contributed by atoms with Gasteiger partial charge in [0.2, 0.25) is 5.82 Å². The van der Waals surface area contributed by atoms with Crippen molar-refractivity contribution >= 4 is 6.01 Å². The number of aromatic nitrogens is 2. The van der Waals surface area contributed by atoms with Crippen LogP contribution in [0.1, 0.15) is 32.5 Å². The Morgan fingerprint density at radius 2 is 2.00 bits per heavy atom. The maximum atomic E-state index is 5.52. The van der Waals surface area contributed by atoms with Crippen molar-refractivity contribution in [2.45, 2.75) is 32.3 Å². The van der Waals surface area contributed by atoms with Crippen LogP contribution in [0.4, 0.5) is 6.01 Å². The van der Waals surface area contributed by atoms with E-state index in [1.54, 1.807) is 14.2 Å². The Hall–Kier alpha value is -1.14. The Morgan fingerprint density at radius 3 is 2.53 bits per heavy atom. The van der Waals surface area contributed by atoms with Crippen LogP contribution in [0.3, 0.4) is 0 Å². The molecule has 0 fully saturated rings. The molecule has 0 radical (unpaired) electrons. The lowest BCUT2D eigenvalue weighted by atomic mass is 9.96. The van der Waals surface area contributed by atoms with Crippen LogP contribution >= 0.6 is 0 Å². The number of anilines is 1. The number of nitrogens with zero attached hydrogens (tertiary/aromatic N) is 2. The van der Waals surface area contributed by atoms with E-state index in [-0.39, 0.29) is 0 Å². The highest BCUT2D eigenvalue weighted by Crippen LogP contribution is 2.30. The molecule has 6 nitrogen and oxygen atoms in total. The summed E-state index contributed by atoms with van der Waals surface area (Å²) in [6, 6.07) is 0.403. The zero-order chi connectivity index (χ0) is 12.7. The minimum absolute atomic E-state index is 0.403. The highest BCUT2D eigenvalue weighted by Gasteiger charge is 2.33. The van der Waals surface area contributed by atoms with E-state index in [1.165, 1.54) is 0 Å². The summed E-state index contributed by atoms with van der Waals surface area (Å²) < 4.78 is 15.6. The predicted molar refractivity (Wildman–Crippen MR) is 63.9 cm³/mol. The van der Waals surface area contributed by atoms with E-state index < -0.39 is 5.60 Å². The second-order valence-corrected chi connectivity index (χ2v) is 3.75. The summed E-state index contributed by atoms with van der Waals surface area (Å²) in [7, 11) is 3.31. The van der Waals surface area contributed by atoms with E-state index in [0.717, 1.165) is 12.8 Å². The highest BCUT2D eigenvalue weighted by molar-refractivity contribution is 5.20. The predicted octanol–water partition coefficient (Wildman–Crippen LogP) is 1.79. The Balaban J connectivity index is 2.71. The number of methoxy groups -OCH3 is 2. The summed E-state index contributed by atoms with van der Waals surface area (Å²) in [6.07, 6.45) is 1.61. The van der Waals surface area contributed by atoms with E-state index in [1.807, 2.05) is 13.8 Å². The number of nitrogens with one attached hydrogen (secondary N) is 1. The third-order valence-electron chi connectivity index (χ3n) is 2.95. The molecule has 0 bridgehead atoms. The molecule has 1 N–H and O–H groups in total. The lowest BCUT2D eigenvalue weighted by molar-refractivity contribution is -0.0306. The zero-order valence-corrected chi connectivity index (χ0v) is 10.9. The summed E-state index contributed by atoms with van der Waals surface area (Å²) >= 11 is 0. The van der Waals surface area contributed by atoms with E-state index in [0.29, 0.717) is 25.0 Å². The van der Waals surface area contributed by atoms with Gasteiger partial charge in [-0.2, -0.15) is 4.98 Å². The molecular weight excluding hydrogens is 222 g/mol. The van der Waals surface area contributed by atoms with Gasteiger partial charge in [0.1, 0.15) is 5.60 Å². The van der Waals surface area contributed by atoms with Gasteiger partial charge in [0, 0.05) is 20.8 Å². The first-order valence-electron chi connectivity index (χ1n) is 5.84. The molecule has 0 aromatic carbocycles. The first kappa shape index (κ1) is 13.9. The summed E-state index contributed by atoms with van der Waals surface area (Å²) in [4.78, 5) is 4.30. The summed E-state index contributed by atoms with van der Waals surface area (Å²) in [5, 5.41) is 6.96. The van der Waals surface area contributed by atoms with Crippen molar-refractivity contribution in [1.29, 1.82) is 0 Å². The first-order chi connectivity index (χ1) is 8.22. The summed E-state index contributed by atoms with van der Waals surface area (Å²) in [6.45, 7) is 5.31. The van der Waals surface area contributed by atoms with E-state index in [4.69, 9.17) is 14.0 Å². The molecule has 1 aromatic rings. The minimum Gasteiger partial charge on any atom is -0.383 e. The molecule has 0 saturated carbocycles. The molecule has 98 valence electrons. The van der Waals surface area contributed by atoms with Gasteiger partial charge in [0.05, 0.1) is 6.61 Å². The molecule has 0 amide bonds. The SMILES string of the molecule is CCC(CC)(OC)c1noc(NCCOC)n1. The fourth-order valence-electron chi connectivity index (χ4n) is 1.69. The molecule has 6 heteroatoms. The molecule has 17 heavy (non-hydrogen) atoms. The van der Waals surface area contributed by atoms with Crippen molar-refractivity contribution in [2.24, 2.45) is 0 Å². The molecule has 0 saturated heterocycles. The van der Waals surface area contributed by atoms with Crippen molar-refractivity contribution in [3.8, 4) is 0 Å². The van der Waals surface area contributed by atoms with Crippen molar-refractivity contribution in [3.63, 3.8) is 0 Å². The monoisotopic (exact) mass is 243 g/mol. The van der Waals surface area contributed by atoms with Crippen LogP contribution in [0, 0.1) is 0 Å². The molecule has 0 atom stereocenters. The van der Waals surface area contributed by atoms with Crippen LogP contribution in [0.2, 0.25) is 0 Å². The average molecular weight is 243 g/mol. The molecule has 1 rings (SSSR count). The smallest absolute Gasteiger partial charge is 0.321 e. The lowest BCUT2D eigenvalue weighted by Crippen LogP contribution is -2.28. The fraction of sp³-hybridized carbons (Fsp3) is 0.818. The molecular formula is C11H21N3O3. The molecule has 1 aromatic heterocycles. The Kier molecular flexibility index (Phi) is 5.37. The van der Waals surface area contributed by atoms with E-state index >= 15 is 0 Å². The molecule has 0 aliphatic rings. The summed E-state index contributed by atoms with van der Waals surface area (Å²) in [5.41, 5.74) is -0.454. The minimum atomic E-state index is -0.454.